The lowest BCUT2D eigenvalue weighted by Gasteiger charge is -2.47. The SMILES string of the molecule is CCCCCCCC/C=C\CCCCCCCC(=O)OC[C@@H](COP(=O)(OC)OC1[C@@H](O)[C@H](OP(=O)(OC)OC)C(OP(=O)(OC)OC)[C@H](OP(=O)(OC)OC)[C@@H]1O)OC(=O)CCCCCCC/C=C\CCCCCCCC. The van der Waals surface area contributed by atoms with Gasteiger partial charge >= 0.3 is 43.2 Å². The second-order valence-electron chi connectivity index (χ2n) is 19.1. The average molecular weight is 1200 g/mol. The number of hydrogen-bond donors (Lipinski definition) is 2. The van der Waals surface area contributed by atoms with Gasteiger partial charge in [0.1, 0.15) is 43.2 Å². The van der Waals surface area contributed by atoms with Crippen molar-refractivity contribution < 1.29 is 102 Å². The summed E-state index contributed by atoms with van der Waals surface area (Å²) in [6.45, 7) is 3.18. The summed E-state index contributed by atoms with van der Waals surface area (Å²) >= 11 is 0. The Morgan fingerprint density at radius 3 is 1.06 bits per heavy atom. The Morgan fingerprint density at radius 2 is 0.705 bits per heavy atom. The summed E-state index contributed by atoms with van der Waals surface area (Å²) in [5.41, 5.74) is 0. The summed E-state index contributed by atoms with van der Waals surface area (Å²) in [6, 6.07) is 0. The normalized spacial score (nSPS) is 20.6. The number of hydrogen-bond acceptors (Lipinski definition) is 22. The molecule has 0 amide bonds. The summed E-state index contributed by atoms with van der Waals surface area (Å²) in [4.78, 5) is 26.2. The van der Waals surface area contributed by atoms with Crippen molar-refractivity contribution in [3.8, 4) is 0 Å². The van der Waals surface area contributed by atoms with Crippen molar-refractivity contribution in [2.45, 2.75) is 236 Å². The van der Waals surface area contributed by atoms with Crippen LogP contribution in [-0.2, 0) is 91.6 Å². The Kier molecular flexibility index (Phi) is 42.5. The largest absolute Gasteiger partial charge is 0.475 e. The molecule has 1 fully saturated rings. The van der Waals surface area contributed by atoms with Crippen LogP contribution in [-0.4, -0.2) is 128 Å². The maximum Gasteiger partial charge on any atom is 0.475 e. The number of esters is 2. The van der Waals surface area contributed by atoms with E-state index in [1.165, 1.54) is 77.0 Å². The van der Waals surface area contributed by atoms with Gasteiger partial charge in [-0.25, -0.2) is 18.3 Å². The maximum absolute atomic E-state index is 14.3. The van der Waals surface area contributed by atoms with Crippen molar-refractivity contribution in [1.29, 1.82) is 0 Å². The minimum Gasteiger partial charge on any atom is -0.462 e. The van der Waals surface area contributed by atoms with Crippen LogP contribution in [0.3, 0.4) is 0 Å². The molecule has 0 aromatic rings. The highest BCUT2D eigenvalue weighted by Crippen LogP contribution is 2.59. The van der Waals surface area contributed by atoms with Crippen LogP contribution >= 0.6 is 31.3 Å². The van der Waals surface area contributed by atoms with E-state index in [0.717, 1.165) is 127 Å². The second-order valence-corrected chi connectivity index (χ2v) is 26.3. The van der Waals surface area contributed by atoms with Gasteiger partial charge in [0.2, 0.25) is 0 Å². The average Bonchev–Trinajstić information content (AvgIpc) is 3.47. The number of rotatable bonds is 51. The van der Waals surface area contributed by atoms with Gasteiger partial charge in [0.15, 0.2) is 6.10 Å². The summed E-state index contributed by atoms with van der Waals surface area (Å²) in [6.07, 6.45) is 22.7. The molecule has 460 valence electrons. The minimum atomic E-state index is -5.02. The van der Waals surface area contributed by atoms with Gasteiger partial charge in [-0.3, -0.25) is 63.9 Å². The van der Waals surface area contributed by atoms with Crippen LogP contribution in [0.2, 0.25) is 0 Å². The first kappa shape index (κ1) is 74.8. The third-order valence-electron chi connectivity index (χ3n) is 13.0. The van der Waals surface area contributed by atoms with Gasteiger partial charge < -0.3 is 19.7 Å². The minimum absolute atomic E-state index is 0.0289. The molecule has 1 aliphatic carbocycles. The Bertz CT molecular complexity index is 1760. The van der Waals surface area contributed by atoms with Crippen LogP contribution in [0.5, 0.6) is 0 Å². The molecule has 3 unspecified atom stereocenters. The molecule has 0 spiro atoms. The fraction of sp³-hybridized carbons (Fsp3) is 0.885. The van der Waals surface area contributed by atoms with Crippen LogP contribution < -0.4 is 0 Å². The van der Waals surface area contributed by atoms with Crippen LogP contribution in [0, 0.1) is 0 Å². The lowest BCUT2D eigenvalue weighted by molar-refractivity contribution is -0.211. The predicted molar refractivity (Wildman–Crippen MR) is 297 cm³/mol. The van der Waals surface area contributed by atoms with Crippen LogP contribution in [0.15, 0.2) is 24.3 Å². The zero-order valence-corrected chi connectivity index (χ0v) is 52.0. The highest BCUT2D eigenvalue weighted by molar-refractivity contribution is 7.49. The molecule has 26 heteroatoms. The number of allylic oxidation sites excluding steroid dienone is 4. The zero-order chi connectivity index (χ0) is 58.1. The first-order valence-electron chi connectivity index (χ1n) is 28.1. The molecular formula is C52H100O22P4. The van der Waals surface area contributed by atoms with Crippen molar-refractivity contribution in [3.63, 3.8) is 0 Å². The van der Waals surface area contributed by atoms with E-state index in [-0.39, 0.29) is 12.8 Å². The van der Waals surface area contributed by atoms with Crippen molar-refractivity contribution >= 4 is 43.2 Å². The van der Waals surface area contributed by atoms with Gasteiger partial charge in [-0.2, -0.15) is 0 Å². The van der Waals surface area contributed by atoms with Gasteiger partial charge in [0, 0.05) is 62.6 Å². The number of phosphoric acid groups is 4. The Balaban J connectivity index is 3.15. The van der Waals surface area contributed by atoms with Crippen molar-refractivity contribution in [1.82, 2.24) is 0 Å². The second kappa shape index (κ2) is 44.3. The number of aliphatic hydroxyl groups excluding tert-OH is 2. The van der Waals surface area contributed by atoms with E-state index in [2.05, 4.69) is 38.2 Å². The van der Waals surface area contributed by atoms with Gasteiger partial charge in [0.25, 0.3) is 0 Å². The molecule has 0 aliphatic heterocycles. The molecular weight excluding hydrogens is 1100 g/mol. The molecule has 2 N–H and O–H groups in total. The maximum atomic E-state index is 14.3. The molecule has 22 nitrogen and oxygen atoms in total. The van der Waals surface area contributed by atoms with E-state index in [9.17, 15) is 38.1 Å². The Labute approximate surface area is 467 Å². The number of unbranched alkanes of at least 4 members (excludes halogenated alkanes) is 22. The highest BCUT2D eigenvalue weighted by atomic mass is 31.2. The van der Waals surface area contributed by atoms with Crippen molar-refractivity contribution in [2.75, 3.05) is 63.0 Å². The topological polar surface area (TPSA) is 272 Å². The molecule has 1 aliphatic rings. The summed E-state index contributed by atoms with van der Waals surface area (Å²) in [7, 11) is -12.5. The fourth-order valence-corrected chi connectivity index (χ4v) is 12.1. The molecule has 0 aromatic heterocycles. The number of phosphoric ester groups is 4. The first-order chi connectivity index (χ1) is 37.4. The number of aliphatic hydroxyl groups is 2. The molecule has 78 heavy (non-hydrogen) atoms. The van der Waals surface area contributed by atoms with E-state index in [0.29, 0.717) is 12.8 Å². The third kappa shape index (κ3) is 32.0. The number of ether oxygens (including phenoxy) is 2. The van der Waals surface area contributed by atoms with Gasteiger partial charge in [0.05, 0.1) is 6.61 Å². The van der Waals surface area contributed by atoms with E-state index in [1.54, 1.807) is 0 Å². The predicted octanol–water partition coefficient (Wildman–Crippen LogP) is 13.8. The number of carbonyl (C=O) groups excluding carboxylic acids is 2. The molecule has 1 rings (SSSR count). The van der Waals surface area contributed by atoms with Gasteiger partial charge in [-0.15, -0.1) is 0 Å². The monoisotopic (exact) mass is 1200 g/mol. The number of carbonyl (C=O) groups is 2. The third-order valence-corrected chi connectivity index (χ3v) is 18.6. The molecule has 0 radical (unpaired) electrons. The van der Waals surface area contributed by atoms with Crippen LogP contribution in [0.25, 0.3) is 0 Å². The summed E-state index contributed by atoms with van der Waals surface area (Å²) in [5, 5.41) is 23.6. The zero-order valence-electron chi connectivity index (χ0n) is 48.4. The quantitative estimate of drug-likeness (QED) is 0.0248. The first-order valence-corrected chi connectivity index (χ1v) is 33.9. The van der Waals surface area contributed by atoms with Crippen LogP contribution in [0.1, 0.15) is 194 Å². The molecule has 0 aromatic carbocycles. The standard InChI is InChI=1S/C52H100O22P4/c1-10-12-14-16-18-20-22-24-26-28-30-32-34-36-38-40-45(53)68-42-44(70-46(54)41-39-37-35-33-31-29-27-25-23-21-19-17-15-13-11-2)43-69-78(60,67-9)71-49-47(55)50(72-75(57,61-3)62-4)52(74-77(59,65-7)66-8)51(48(49)56)73-76(58,63-5)64-6/h24-27,44,47-52,55-56H,10-23,28-43H2,1-9H3/b26-24-,27-25-/t44-,47+,48+,49?,50-,51+,52?,78?/m0/s1. The van der Waals surface area contributed by atoms with Crippen molar-refractivity contribution in [2.24, 2.45) is 0 Å². The highest BCUT2D eigenvalue weighted by Gasteiger charge is 2.60. The summed E-state index contributed by atoms with van der Waals surface area (Å²) in [5.74, 6) is -1.20. The van der Waals surface area contributed by atoms with E-state index < -0.39 is 99.2 Å². The molecule has 0 saturated heterocycles. The molecule has 0 heterocycles. The smallest absolute Gasteiger partial charge is 0.462 e. The van der Waals surface area contributed by atoms with E-state index in [4.69, 9.17) is 63.8 Å². The van der Waals surface area contributed by atoms with Crippen molar-refractivity contribution in [3.05, 3.63) is 24.3 Å². The fourth-order valence-electron chi connectivity index (χ4n) is 8.32. The van der Waals surface area contributed by atoms with E-state index in [1.807, 2.05) is 0 Å². The van der Waals surface area contributed by atoms with Gasteiger partial charge in [-0.05, 0) is 64.2 Å². The lowest BCUT2D eigenvalue weighted by Crippen LogP contribution is -2.65. The summed E-state index contributed by atoms with van der Waals surface area (Å²) < 4.78 is 128. The van der Waals surface area contributed by atoms with Gasteiger partial charge in [-0.1, -0.05) is 141 Å². The molecule has 0 bridgehead atoms. The Morgan fingerprint density at radius 1 is 0.397 bits per heavy atom. The van der Waals surface area contributed by atoms with Crippen LogP contribution in [0.4, 0.5) is 0 Å². The van der Waals surface area contributed by atoms with E-state index >= 15 is 0 Å². The molecule has 8 atom stereocenters. The molecule has 1 saturated carbocycles. The lowest BCUT2D eigenvalue weighted by atomic mass is 9.85. The Hall–Kier alpha value is -1.22.